The molecule has 2 aromatic heterocycles. The smallest absolute Gasteiger partial charge is 0.319 e. The average Bonchev–Trinajstić information content (AvgIpc) is 2.88. The molecule has 0 aliphatic carbocycles. The minimum Gasteiger partial charge on any atom is -0.352 e. The summed E-state index contributed by atoms with van der Waals surface area (Å²) in [5.41, 5.74) is 5.24. The molecule has 0 unspecified atom stereocenters. The molecule has 1 saturated heterocycles. The van der Waals surface area contributed by atoms with E-state index in [2.05, 4.69) is 15.6 Å². The molecule has 184 valence electrons. The van der Waals surface area contributed by atoms with Crippen molar-refractivity contribution in [3.8, 4) is 0 Å². The molecule has 2 aromatic carbocycles. The number of hydrogen-bond acceptors (Lipinski definition) is 5. The van der Waals surface area contributed by atoms with Crippen molar-refractivity contribution in [3.05, 3.63) is 93.9 Å². The molecular formula is C28H30N6O2. The second kappa shape index (κ2) is 10.2. The number of rotatable bonds is 5. The SMILES string of the molecule is Cc1ccc(Cn2c(=O)c(N3CCC(NC(=O)Nc4ccc(C)cc4)CC3)nc3cccnc32)cc1. The van der Waals surface area contributed by atoms with Gasteiger partial charge in [-0.2, -0.15) is 0 Å². The number of carbonyl (C=O) groups excluding carboxylic acids is 1. The molecule has 1 fully saturated rings. The monoisotopic (exact) mass is 482 g/mol. The zero-order valence-corrected chi connectivity index (χ0v) is 20.6. The molecule has 0 radical (unpaired) electrons. The van der Waals surface area contributed by atoms with E-state index < -0.39 is 0 Å². The molecule has 3 heterocycles. The zero-order chi connectivity index (χ0) is 25.1. The summed E-state index contributed by atoms with van der Waals surface area (Å²) in [5.74, 6) is 0.435. The van der Waals surface area contributed by atoms with Crippen LogP contribution in [0.2, 0.25) is 0 Å². The average molecular weight is 483 g/mol. The van der Waals surface area contributed by atoms with Crippen LogP contribution in [0, 0.1) is 13.8 Å². The van der Waals surface area contributed by atoms with E-state index in [9.17, 15) is 9.59 Å². The second-order valence-electron chi connectivity index (χ2n) is 9.38. The summed E-state index contributed by atoms with van der Waals surface area (Å²) >= 11 is 0. The Kier molecular flexibility index (Phi) is 6.66. The standard InChI is InChI=1S/C28H30N6O2/c1-19-5-9-21(10-6-19)18-34-25-24(4-3-15-29-25)32-26(27(34)35)33-16-13-23(14-17-33)31-28(36)30-22-11-7-20(2)8-12-22/h3-12,15,23H,13-14,16-18H2,1-2H3,(H2,30,31,36). The van der Waals surface area contributed by atoms with Crippen LogP contribution < -0.4 is 21.1 Å². The van der Waals surface area contributed by atoms with Crippen LogP contribution in [0.25, 0.3) is 11.2 Å². The Balaban J connectivity index is 1.30. The first kappa shape index (κ1) is 23.5. The maximum Gasteiger partial charge on any atom is 0.319 e. The van der Waals surface area contributed by atoms with Gasteiger partial charge in [-0.1, -0.05) is 47.5 Å². The molecule has 4 aromatic rings. The lowest BCUT2D eigenvalue weighted by atomic mass is 10.1. The third-order valence-electron chi connectivity index (χ3n) is 6.58. The fourth-order valence-electron chi connectivity index (χ4n) is 4.52. The van der Waals surface area contributed by atoms with Gasteiger partial charge in [-0.05, 0) is 56.5 Å². The van der Waals surface area contributed by atoms with E-state index >= 15 is 0 Å². The quantitative estimate of drug-likeness (QED) is 0.444. The highest BCUT2D eigenvalue weighted by molar-refractivity contribution is 5.89. The lowest BCUT2D eigenvalue weighted by Gasteiger charge is -2.33. The number of aromatic nitrogens is 3. The van der Waals surface area contributed by atoms with Gasteiger partial charge in [0.25, 0.3) is 5.56 Å². The Bertz CT molecular complexity index is 1420. The molecule has 36 heavy (non-hydrogen) atoms. The molecular weight excluding hydrogens is 452 g/mol. The molecule has 0 atom stereocenters. The number of urea groups is 1. The number of aryl methyl sites for hydroxylation is 2. The van der Waals surface area contributed by atoms with Crippen molar-refractivity contribution in [1.29, 1.82) is 0 Å². The topological polar surface area (TPSA) is 92.2 Å². The third kappa shape index (κ3) is 5.22. The molecule has 8 nitrogen and oxygen atoms in total. The largest absolute Gasteiger partial charge is 0.352 e. The number of hydrogen-bond donors (Lipinski definition) is 2. The lowest BCUT2D eigenvalue weighted by molar-refractivity contribution is 0.246. The van der Waals surface area contributed by atoms with Gasteiger partial charge < -0.3 is 15.5 Å². The summed E-state index contributed by atoms with van der Waals surface area (Å²) in [6.45, 7) is 5.75. The summed E-state index contributed by atoms with van der Waals surface area (Å²) in [4.78, 5) is 37.2. The number of piperidine rings is 1. The molecule has 0 spiro atoms. The Morgan fingerprint density at radius 2 is 1.64 bits per heavy atom. The van der Waals surface area contributed by atoms with Gasteiger partial charge in [-0.15, -0.1) is 0 Å². The highest BCUT2D eigenvalue weighted by Gasteiger charge is 2.25. The van der Waals surface area contributed by atoms with Gasteiger partial charge >= 0.3 is 6.03 Å². The van der Waals surface area contributed by atoms with Gasteiger partial charge in [-0.3, -0.25) is 9.36 Å². The Hall–Kier alpha value is -4.20. The first-order chi connectivity index (χ1) is 17.5. The van der Waals surface area contributed by atoms with Crippen molar-refractivity contribution >= 4 is 28.7 Å². The van der Waals surface area contributed by atoms with Crippen molar-refractivity contribution in [2.75, 3.05) is 23.3 Å². The minimum atomic E-state index is -0.215. The highest BCUT2D eigenvalue weighted by atomic mass is 16.2. The van der Waals surface area contributed by atoms with Gasteiger partial charge in [0, 0.05) is 31.0 Å². The molecule has 1 aliphatic heterocycles. The van der Waals surface area contributed by atoms with Gasteiger partial charge in [0.15, 0.2) is 11.5 Å². The Morgan fingerprint density at radius 3 is 2.33 bits per heavy atom. The van der Waals surface area contributed by atoms with E-state index in [4.69, 9.17) is 4.98 Å². The van der Waals surface area contributed by atoms with Crippen LogP contribution in [0.4, 0.5) is 16.3 Å². The summed E-state index contributed by atoms with van der Waals surface area (Å²) in [5, 5.41) is 5.94. The summed E-state index contributed by atoms with van der Waals surface area (Å²) in [7, 11) is 0. The number of amides is 2. The van der Waals surface area contributed by atoms with Crippen molar-refractivity contribution in [1.82, 2.24) is 19.9 Å². The van der Waals surface area contributed by atoms with Crippen LogP contribution in [0.3, 0.4) is 0 Å². The zero-order valence-electron chi connectivity index (χ0n) is 20.6. The van der Waals surface area contributed by atoms with E-state index in [-0.39, 0.29) is 17.6 Å². The Morgan fingerprint density at radius 1 is 0.972 bits per heavy atom. The van der Waals surface area contributed by atoms with E-state index in [0.717, 1.165) is 29.7 Å². The van der Waals surface area contributed by atoms with Crippen molar-refractivity contribution in [2.24, 2.45) is 0 Å². The number of fused-ring (bicyclic) bond motifs is 1. The number of nitrogens with one attached hydrogen (secondary N) is 2. The predicted octanol–water partition coefficient (Wildman–Crippen LogP) is 4.25. The van der Waals surface area contributed by atoms with Crippen molar-refractivity contribution in [2.45, 2.75) is 39.3 Å². The van der Waals surface area contributed by atoms with Gasteiger partial charge in [0.2, 0.25) is 0 Å². The van der Waals surface area contributed by atoms with Crippen LogP contribution in [-0.2, 0) is 6.54 Å². The number of pyridine rings is 1. The molecule has 1 aliphatic rings. The molecule has 0 saturated carbocycles. The van der Waals surface area contributed by atoms with Crippen LogP contribution in [0.5, 0.6) is 0 Å². The van der Waals surface area contributed by atoms with Crippen LogP contribution in [-0.4, -0.2) is 39.7 Å². The summed E-state index contributed by atoms with van der Waals surface area (Å²) in [6, 6.07) is 19.4. The van der Waals surface area contributed by atoms with E-state index in [1.807, 2.05) is 79.4 Å². The summed E-state index contributed by atoms with van der Waals surface area (Å²) in [6.07, 6.45) is 3.14. The predicted molar refractivity (Wildman–Crippen MR) is 143 cm³/mol. The number of carbonyl (C=O) groups is 1. The lowest BCUT2D eigenvalue weighted by Crippen LogP contribution is -2.47. The highest BCUT2D eigenvalue weighted by Crippen LogP contribution is 2.19. The molecule has 5 rings (SSSR count). The van der Waals surface area contributed by atoms with Crippen LogP contribution >= 0.6 is 0 Å². The first-order valence-corrected chi connectivity index (χ1v) is 12.3. The maximum absolute atomic E-state index is 13.6. The fraction of sp³-hybridized carbons (Fsp3) is 0.286. The van der Waals surface area contributed by atoms with E-state index in [1.54, 1.807) is 10.8 Å². The third-order valence-corrected chi connectivity index (χ3v) is 6.58. The molecule has 8 heteroatoms. The fourth-order valence-corrected chi connectivity index (χ4v) is 4.52. The molecule has 0 bridgehead atoms. The minimum absolute atomic E-state index is 0.0311. The Labute approximate surface area is 210 Å². The van der Waals surface area contributed by atoms with E-state index in [0.29, 0.717) is 36.6 Å². The van der Waals surface area contributed by atoms with Gasteiger partial charge in [-0.25, -0.2) is 14.8 Å². The molecule has 2 amide bonds. The molecule has 2 N–H and O–H groups in total. The van der Waals surface area contributed by atoms with Crippen molar-refractivity contribution < 1.29 is 4.79 Å². The normalized spacial score (nSPS) is 14.1. The number of nitrogens with zero attached hydrogens (tertiary/aromatic N) is 4. The maximum atomic E-state index is 13.6. The van der Waals surface area contributed by atoms with Gasteiger partial charge in [0.05, 0.1) is 6.54 Å². The van der Waals surface area contributed by atoms with Crippen LogP contribution in [0.15, 0.2) is 71.7 Å². The number of anilines is 2. The van der Waals surface area contributed by atoms with E-state index in [1.165, 1.54) is 5.56 Å². The summed E-state index contributed by atoms with van der Waals surface area (Å²) < 4.78 is 1.71. The van der Waals surface area contributed by atoms with Gasteiger partial charge in [0.1, 0.15) is 5.52 Å². The first-order valence-electron chi connectivity index (χ1n) is 12.3. The van der Waals surface area contributed by atoms with Crippen molar-refractivity contribution in [3.63, 3.8) is 0 Å². The van der Waals surface area contributed by atoms with Crippen LogP contribution in [0.1, 0.15) is 29.5 Å². The second-order valence-corrected chi connectivity index (χ2v) is 9.38. The number of benzene rings is 2.